The third kappa shape index (κ3) is 3.56. The van der Waals surface area contributed by atoms with Gasteiger partial charge in [-0.1, -0.05) is 46.5 Å². The molecule has 3 nitrogen and oxygen atoms in total. The Morgan fingerprint density at radius 2 is 1.73 bits per heavy atom. The largest absolute Gasteiger partial charge is 0.512 e. The summed E-state index contributed by atoms with van der Waals surface area (Å²) < 4.78 is 0. The first-order chi connectivity index (χ1) is 14.1. The molecular formula is C27H46O3. The van der Waals surface area contributed by atoms with Gasteiger partial charge in [0.15, 0.2) is 0 Å². The van der Waals surface area contributed by atoms with E-state index in [9.17, 15) is 15.3 Å². The summed E-state index contributed by atoms with van der Waals surface area (Å²) in [5.74, 6) is 2.74. The summed E-state index contributed by atoms with van der Waals surface area (Å²) in [6.45, 7) is 9.20. The lowest BCUT2D eigenvalue weighted by atomic mass is 9.46. The zero-order valence-electron chi connectivity index (χ0n) is 19.9. The average molecular weight is 419 g/mol. The first kappa shape index (κ1) is 22.6. The molecule has 3 N–H and O–H groups in total. The lowest BCUT2D eigenvalue weighted by molar-refractivity contribution is -0.109. The van der Waals surface area contributed by atoms with Crippen molar-refractivity contribution in [1.82, 2.24) is 0 Å². The summed E-state index contributed by atoms with van der Waals surface area (Å²) >= 11 is 0. The fourth-order valence-electron chi connectivity index (χ4n) is 8.86. The summed E-state index contributed by atoms with van der Waals surface area (Å²) in [6, 6.07) is 0. The molecule has 30 heavy (non-hydrogen) atoms. The number of unbranched alkanes of at least 4 members (excludes halogenated alkanes) is 3. The van der Waals surface area contributed by atoms with Crippen molar-refractivity contribution in [2.45, 2.75) is 123 Å². The SMILES string of the molecule is CCCCCC[C@](C)(O)[C@H]1CC[C@H]2[C@@H]3CC(O)=C4C[C@@H](O)CC[C@]4(C)[C@H]3CC[C@@]21C. The molecule has 0 amide bonds. The van der Waals surface area contributed by atoms with Gasteiger partial charge < -0.3 is 15.3 Å². The maximum Gasteiger partial charge on any atom is 0.0924 e. The summed E-state index contributed by atoms with van der Waals surface area (Å²) in [5.41, 5.74) is 0.857. The topological polar surface area (TPSA) is 60.7 Å². The Bertz CT molecular complexity index is 667. The molecule has 0 aromatic heterocycles. The van der Waals surface area contributed by atoms with Crippen LogP contribution in [0.1, 0.15) is 111 Å². The van der Waals surface area contributed by atoms with Crippen molar-refractivity contribution in [3.8, 4) is 0 Å². The van der Waals surface area contributed by atoms with E-state index in [-0.39, 0.29) is 16.9 Å². The second-order valence-electron chi connectivity index (χ2n) is 12.2. The zero-order chi connectivity index (χ0) is 21.7. The highest BCUT2D eigenvalue weighted by molar-refractivity contribution is 5.28. The van der Waals surface area contributed by atoms with Crippen molar-refractivity contribution in [1.29, 1.82) is 0 Å². The second-order valence-corrected chi connectivity index (χ2v) is 12.2. The van der Waals surface area contributed by atoms with Crippen molar-refractivity contribution in [2.75, 3.05) is 0 Å². The molecule has 3 saturated carbocycles. The van der Waals surface area contributed by atoms with E-state index < -0.39 is 5.60 Å². The van der Waals surface area contributed by atoms with Crippen LogP contribution in [0.5, 0.6) is 0 Å². The molecule has 0 spiro atoms. The first-order valence-corrected chi connectivity index (χ1v) is 13.0. The van der Waals surface area contributed by atoms with E-state index in [1.54, 1.807) is 0 Å². The lowest BCUT2D eigenvalue weighted by Gasteiger charge is -2.59. The first-order valence-electron chi connectivity index (χ1n) is 13.0. The van der Waals surface area contributed by atoms with Crippen molar-refractivity contribution in [3.05, 3.63) is 11.3 Å². The highest BCUT2D eigenvalue weighted by atomic mass is 16.3. The van der Waals surface area contributed by atoms with Crippen LogP contribution in [0.2, 0.25) is 0 Å². The van der Waals surface area contributed by atoms with Gasteiger partial charge in [0.25, 0.3) is 0 Å². The molecule has 0 heterocycles. The Labute approximate surface area is 184 Å². The number of hydrogen-bond donors (Lipinski definition) is 3. The van der Waals surface area contributed by atoms with Gasteiger partial charge in [-0.15, -0.1) is 0 Å². The Hall–Kier alpha value is -0.540. The predicted octanol–water partition coefficient (Wildman–Crippen LogP) is 6.53. The molecule has 0 aromatic rings. The molecule has 4 aliphatic rings. The third-order valence-electron chi connectivity index (χ3n) is 10.4. The third-order valence-corrected chi connectivity index (χ3v) is 10.4. The molecule has 4 rings (SSSR count). The lowest BCUT2D eigenvalue weighted by Crippen LogP contribution is -2.53. The molecule has 0 aromatic carbocycles. The van der Waals surface area contributed by atoms with Gasteiger partial charge in [-0.2, -0.15) is 0 Å². The van der Waals surface area contributed by atoms with Crippen molar-refractivity contribution in [3.63, 3.8) is 0 Å². The van der Waals surface area contributed by atoms with Crippen molar-refractivity contribution < 1.29 is 15.3 Å². The summed E-state index contributed by atoms with van der Waals surface area (Å²) in [5, 5.41) is 32.8. The number of hydrogen-bond acceptors (Lipinski definition) is 3. The Morgan fingerprint density at radius 1 is 0.967 bits per heavy atom. The Balaban J connectivity index is 1.55. The molecule has 8 atom stereocenters. The Morgan fingerprint density at radius 3 is 2.47 bits per heavy atom. The van der Waals surface area contributed by atoms with Crippen molar-refractivity contribution in [2.24, 2.45) is 34.5 Å². The molecule has 0 aliphatic heterocycles. The summed E-state index contributed by atoms with van der Waals surface area (Å²) in [7, 11) is 0. The fraction of sp³-hybridized carbons (Fsp3) is 0.926. The van der Waals surface area contributed by atoms with E-state index in [1.165, 1.54) is 44.1 Å². The number of aliphatic hydroxyl groups is 3. The van der Waals surface area contributed by atoms with E-state index in [4.69, 9.17) is 0 Å². The fourth-order valence-corrected chi connectivity index (χ4v) is 8.86. The number of fused-ring (bicyclic) bond motifs is 5. The van der Waals surface area contributed by atoms with Crippen LogP contribution in [0.3, 0.4) is 0 Å². The molecule has 0 bridgehead atoms. The van der Waals surface area contributed by atoms with Gasteiger partial charge in [0.05, 0.1) is 17.5 Å². The normalized spacial score (nSPS) is 45.5. The van der Waals surface area contributed by atoms with Crippen LogP contribution < -0.4 is 0 Å². The van der Waals surface area contributed by atoms with E-state index in [2.05, 4.69) is 27.7 Å². The van der Waals surface area contributed by atoms with Gasteiger partial charge in [-0.05, 0) is 98.4 Å². The standard InChI is InChI=1S/C27H46O3/c1-5-6-7-8-13-27(4,30)24-10-9-20-19-17-23(29)22-16-18(28)11-14-25(22,2)21(19)12-15-26(20,24)3/h18-21,24,28-30H,5-17H2,1-4H3/t18-,19-,20-,21-,24-,25+,26-,27-/m0/s1. The number of allylic oxidation sites excluding steroid dienone is 1. The van der Waals surface area contributed by atoms with E-state index in [1.807, 2.05) is 0 Å². The maximum absolute atomic E-state index is 11.5. The van der Waals surface area contributed by atoms with Gasteiger partial charge in [0.2, 0.25) is 0 Å². The highest BCUT2D eigenvalue weighted by Gasteiger charge is 2.62. The molecule has 3 heteroatoms. The molecule has 0 unspecified atom stereocenters. The molecule has 3 fully saturated rings. The van der Waals surface area contributed by atoms with Crippen LogP contribution in [-0.4, -0.2) is 27.0 Å². The number of aliphatic hydroxyl groups excluding tert-OH is 2. The predicted molar refractivity (Wildman–Crippen MR) is 122 cm³/mol. The smallest absolute Gasteiger partial charge is 0.0924 e. The number of rotatable bonds is 6. The van der Waals surface area contributed by atoms with Crippen LogP contribution in [0.4, 0.5) is 0 Å². The molecule has 172 valence electrons. The van der Waals surface area contributed by atoms with Gasteiger partial charge in [0.1, 0.15) is 0 Å². The summed E-state index contributed by atoms with van der Waals surface area (Å²) in [6.07, 6.45) is 13.6. The monoisotopic (exact) mass is 418 g/mol. The molecule has 4 aliphatic carbocycles. The quantitative estimate of drug-likeness (QED) is 0.430. The second kappa shape index (κ2) is 8.10. The molecule has 0 radical (unpaired) electrons. The van der Waals surface area contributed by atoms with Gasteiger partial charge in [0, 0.05) is 6.42 Å². The van der Waals surface area contributed by atoms with Crippen LogP contribution in [0.15, 0.2) is 11.3 Å². The van der Waals surface area contributed by atoms with E-state index in [0.717, 1.165) is 38.5 Å². The molecule has 0 saturated heterocycles. The minimum absolute atomic E-state index is 0.0638. The zero-order valence-corrected chi connectivity index (χ0v) is 19.9. The van der Waals surface area contributed by atoms with Crippen LogP contribution in [-0.2, 0) is 0 Å². The van der Waals surface area contributed by atoms with Crippen LogP contribution in [0.25, 0.3) is 0 Å². The van der Waals surface area contributed by atoms with Crippen LogP contribution >= 0.6 is 0 Å². The van der Waals surface area contributed by atoms with E-state index in [0.29, 0.717) is 35.9 Å². The van der Waals surface area contributed by atoms with Gasteiger partial charge >= 0.3 is 0 Å². The van der Waals surface area contributed by atoms with Gasteiger partial charge in [-0.25, -0.2) is 0 Å². The van der Waals surface area contributed by atoms with Crippen LogP contribution in [0, 0.1) is 34.5 Å². The molecular weight excluding hydrogens is 372 g/mol. The van der Waals surface area contributed by atoms with Crippen molar-refractivity contribution >= 4 is 0 Å². The average Bonchev–Trinajstić information content (AvgIpc) is 3.05. The highest BCUT2D eigenvalue weighted by Crippen LogP contribution is 2.68. The van der Waals surface area contributed by atoms with E-state index >= 15 is 0 Å². The maximum atomic E-state index is 11.5. The minimum Gasteiger partial charge on any atom is -0.512 e. The minimum atomic E-state index is -0.569. The summed E-state index contributed by atoms with van der Waals surface area (Å²) in [4.78, 5) is 0. The van der Waals surface area contributed by atoms with Gasteiger partial charge in [-0.3, -0.25) is 0 Å². The Kier molecular flexibility index (Phi) is 6.12.